The molecular weight excluding hydrogens is 310 g/mol. The molecule has 7 heteroatoms. The summed E-state index contributed by atoms with van der Waals surface area (Å²) in [6.07, 6.45) is 0. The van der Waals surface area contributed by atoms with E-state index in [9.17, 15) is 14.4 Å². The van der Waals surface area contributed by atoms with Crippen molar-refractivity contribution >= 4 is 23.6 Å². The molecule has 0 unspecified atom stereocenters. The molecule has 0 spiro atoms. The van der Waals surface area contributed by atoms with Gasteiger partial charge in [-0.15, -0.1) is 0 Å². The van der Waals surface area contributed by atoms with Crippen LogP contribution in [0.5, 0.6) is 0 Å². The molecule has 0 aliphatic rings. The molecule has 3 amide bonds. The Morgan fingerprint density at radius 1 is 1.17 bits per heavy atom. The monoisotopic (exact) mass is 335 g/mol. The summed E-state index contributed by atoms with van der Waals surface area (Å²) in [5, 5.41) is 5.41. The van der Waals surface area contributed by atoms with Crippen molar-refractivity contribution in [2.45, 2.75) is 33.7 Å². The summed E-state index contributed by atoms with van der Waals surface area (Å²) in [5.74, 6) is -0.546. The number of urea groups is 1. The van der Waals surface area contributed by atoms with E-state index in [4.69, 9.17) is 4.74 Å². The van der Waals surface area contributed by atoms with Gasteiger partial charge < -0.3 is 20.3 Å². The zero-order valence-electron chi connectivity index (χ0n) is 14.6. The van der Waals surface area contributed by atoms with E-state index >= 15 is 0 Å². The molecule has 0 heterocycles. The zero-order chi connectivity index (χ0) is 18.1. The smallest absolute Gasteiger partial charge is 0.338 e. The van der Waals surface area contributed by atoms with Crippen LogP contribution in [0.25, 0.3) is 0 Å². The summed E-state index contributed by atoms with van der Waals surface area (Å²) in [4.78, 5) is 36.5. The minimum Gasteiger partial charge on any atom is -0.462 e. The first kappa shape index (κ1) is 19.5. The molecule has 0 aromatic heterocycles. The van der Waals surface area contributed by atoms with E-state index in [0.717, 1.165) is 0 Å². The average Bonchev–Trinajstić information content (AvgIpc) is 2.51. The molecule has 24 heavy (non-hydrogen) atoms. The fourth-order valence-electron chi connectivity index (χ4n) is 2.05. The van der Waals surface area contributed by atoms with Crippen molar-refractivity contribution in [3.8, 4) is 0 Å². The molecule has 0 saturated carbocycles. The van der Waals surface area contributed by atoms with Crippen molar-refractivity contribution in [2.75, 3.05) is 24.6 Å². The summed E-state index contributed by atoms with van der Waals surface area (Å²) in [5.41, 5.74) is 1.08. The highest BCUT2D eigenvalue weighted by atomic mass is 16.5. The topological polar surface area (TPSA) is 87.7 Å². The van der Waals surface area contributed by atoms with Gasteiger partial charge in [-0.25, -0.2) is 9.59 Å². The third kappa shape index (κ3) is 6.28. The number of benzene rings is 1. The summed E-state index contributed by atoms with van der Waals surface area (Å²) in [6.45, 7) is 7.89. The highest BCUT2D eigenvalue weighted by molar-refractivity contribution is 5.93. The lowest BCUT2D eigenvalue weighted by molar-refractivity contribution is -0.116. The van der Waals surface area contributed by atoms with Gasteiger partial charge in [0.25, 0.3) is 0 Å². The predicted molar refractivity (Wildman–Crippen MR) is 92.1 cm³/mol. The fourth-order valence-corrected chi connectivity index (χ4v) is 2.05. The van der Waals surface area contributed by atoms with E-state index in [1.165, 1.54) is 11.8 Å². The Labute approximate surface area is 142 Å². The van der Waals surface area contributed by atoms with Gasteiger partial charge in [0.05, 0.1) is 12.2 Å². The Morgan fingerprint density at radius 3 is 2.29 bits per heavy atom. The molecule has 0 atom stereocenters. The highest BCUT2D eigenvalue weighted by Gasteiger charge is 2.13. The molecule has 1 rings (SSSR count). The van der Waals surface area contributed by atoms with Crippen molar-refractivity contribution in [3.63, 3.8) is 0 Å². The van der Waals surface area contributed by atoms with E-state index < -0.39 is 5.97 Å². The second kappa shape index (κ2) is 9.54. The minimum absolute atomic E-state index is 0.0457. The first-order valence-electron chi connectivity index (χ1n) is 7.94. The lowest BCUT2D eigenvalue weighted by Crippen LogP contribution is -2.43. The summed E-state index contributed by atoms with van der Waals surface area (Å²) < 4.78 is 4.92. The Hall–Kier alpha value is -2.57. The maximum atomic E-state index is 11.8. The Kier molecular flexibility index (Phi) is 7.74. The predicted octanol–water partition coefficient (Wildman–Crippen LogP) is 1.92. The van der Waals surface area contributed by atoms with Gasteiger partial charge in [0.2, 0.25) is 5.91 Å². The molecule has 0 fully saturated rings. The summed E-state index contributed by atoms with van der Waals surface area (Å²) in [6, 6.07) is 6.36. The molecule has 2 N–H and O–H groups in total. The number of amides is 3. The van der Waals surface area contributed by atoms with Crippen molar-refractivity contribution in [1.82, 2.24) is 10.6 Å². The number of nitrogens with one attached hydrogen (secondary N) is 2. The largest absolute Gasteiger partial charge is 0.462 e. The van der Waals surface area contributed by atoms with Crippen LogP contribution >= 0.6 is 0 Å². The zero-order valence-corrected chi connectivity index (χ0v) is 14.6. The second-order valence-electron chi connectivity index (χ2n) is 5.49. The molecule has 0 bridgehead atoms. The number of hydrogen-bond acceptors (Lipinski definition) is 4. The van der Waals surface area contributed by atoms with Crippen LogP contribution in [0.4, 0.5) is 10.5 Å². The molecule has 0 aliphatic carbocycles. The van der Waals surface area contributed by atoms with Gasteiger partial charge in [-0.05, 0) is 45.0 Å². The molecule has 0 aliphatic heterocycles. The summed E-state index contributed by atoms with van der Waals surface area (Å²) >= 11 is 0. The van der Waals surface area contributed by atoms with Crippen LogP contribution in [0.2, 0.25) is 0 Å². The van der Waals surface area contributed by atoms with Crippen molar-refractivity contribution in [1.29, 1.82) is 0 Å². The second-order valence-corrected chi connectivity index (χ2v) is 5.49. The summed E-state index contributed by atoms with van der Waals surface area (Å²) in [7, 11) is 0. The normalized spacial score (nSPS) is 10.2. The van der Waals surface area contributed by atoms with Crippen molar-refractivity contribution in [2.24, 2.45) is 0 Å². The van der Waals surface area contributed by atoms with Crippen LogP contribution in [0.3, 0.4) is 0 Å². The maximum Gasteiger partial charge on any atom is 0.338 e. The average molecular weight is 335 g/mol. The lowest BCUT2D eigenvalue weighted by Gasteiger charge is -2.22. The third-order valence-corrected chi connectivity index (χ3v) is 3.11. The minimum atomic E-state index is -0.398. The standard InChI is InChI=1S/C17H25N3O4/c1-5-24-16(22)14-6-8-15(9-7-14)20(13(4)21)11-10-18-17(23)19-12(2)3/h6-9,12H,5,10-11H2,1-4H3,(H2,18,19,23). The quantitative estimate of drug-likeness (QED) is 0.745. The van der Waals surface area contributed by atoms with Crippen LogP contribution in [0.15, 0.2) is 24.3 Å². The number of anilines is 1. The van der Waals surface area contributed by atoms with Gasteiger partial charge >= 0.3 is 12.0 Å². The van der Waals surface area contributed by atoms with Crippen LogP contribution in [-0.2, 0) is 9.53 Å². The van der Waals surface area contributed by atoms with Gasteiger partial charge in [0.1, 0.15) is 0 Å². The van der Waals surface area contributed by atoms with Crippen LogP contribution in [0.1, 0.15) is 38.1 Å². The van der Waals surface area contributed by atoms with Crippen LogP contribution in [0, 0.1) is 0 Å². The van der Waals surface area contributed by atoms with E-state index in [1.807, 2.05) is 13.8 Å². The molecule has 7 nitrogen and oxygen atoms in total. The number of esters is 1. The fraction of sp³-hybridized carbons (Fsp3) is 0.471. The first-order valence-corrected chi connectivity index (χ1v) is 7.94. The van der Waals surface area contributed by atoms with Gasteiger partial charge in [-0.1, -0.05) is 0 Å². The van der Waals surface area contributed by atoms with Crippen molar-refractivity contribution in [3.05, 3.63) is 29.8 Å². The molecule has 1 aromatic rings. The van der Waals surface area contributed by atoms with Gasteiger partial charge in [-0.3, -0.25) is 4.79 Å². The molecule has 0 saturated heterocycles. The number of hydrogen-bond donors (Lipinski definition) is 2. The number of ether oxygens (including phenoxy) is 1. The molecule has 132 valence electrons. The first-order chi connectivity index (χ1) is 11.3. The van der Waals surface area contributed by atoms with Gasteiger partial charge in [-0.2, -0.15) is 0 Å². The van der Waals surface area contributed by atoms with Crippen molar-refractivity contribution < 1.29 is 19.1 Å². The molecule has 1 aromatic carbocycles. The third-order valence-electron chi connectivity index (χ3n) is 3.11. The Bertz CT molecular complexity index is 570. The van der Waals surface area contributed by atoms with Gasteiger partial charge in [0.15, 0.2) is 0 Å². The van der Waals surface area contributed by atoms with Crippen LogP contribution in [-0.4, -0.2) is 43.6 Å². The number of carbonyl (C=O) groups excluding carboxylic acids is 3. The SMILES string of the molecule is CCOC(=O)c1ccc(N(CCNC(=O)NC(C)C)C(C)=O)cc1. The number of carbonyl (C=O) groups is 3. The number of rotatable bonds is 7. The lowest BCUT2D eigenvalue weighted by atomic mass is 10.2. The maximum absolute atomic E-state index is 11.8. The van der Waals surface area contributed by atoms with E-state index in [0.29, 0.717) is 30.9 Å². The highest BCUT2D eigenvalue weighted by Crippen LogP contribution is 2.16. The van der Waals surface area contributed by atoms with Gasteiger partial charge in [0, 0.05) is 31.7 Å². The number of nitrogens with zero attached hydrogens (tertiary/aromatic N) is 1. The Balaban J connectivity index is 2.66. The molecular formula is C17H25N3O4. The molecule has 0 radical (unpaired) electrons. The van der Waals surface area contributed by atoms with E-state index in [1.54, 1.807) is 31.2 Å². The van der Waals surface area contributed by atoms with E-state index in [-0.39, 0.29) is 18.0 Å². The van der Waals surface area contributed by atoms with Crippen LogP contribution < -0.4 is 15.5 Å². The van der Waals surface area contributed by atoms with E-state index in [2.05, 4.69) is 10.6 Å². The Morgan fingerprint density at radius 2 is 1.79 bits per heavy atom.